The summed E-state index contributed by atoms with van der Waals surface area (Å²) in [6, 6.07) is 7.71. The second-order valence-corrected chi connectivity index (χ2v) is 4.37. The molecule has 1 saturated heterocycles. The van der Waals surface area contributed by atoms with E-state index in [1.54, 1.807) is 20.3 Å². The molecule has 0 radical (unpaired) electrons. The van der Waals surface area contributed by atoms with Crippen LogP contribution < -0.4 is 9.47 Å². The zero-order valence-corrected chi connectivity index (χ0v) is 11.8. The normalized spacial score (nSPS) is 15.7. The van der Waals surface area contributed by atoms with E-state index in [2.05, 4.69) is 11.0 Å². The number of hydrogen-bond donors (Lipinski definition) is 0. The van der Waals surface area contributed by atoms with Crippen molar-refractivity contribution in [2.45, 2.75) is 0 Å². The zero-order valence-electron chi connectivity index (χ0n) is 11.8. The second kappa shape index (κ2) is 6.83. The van der Waals surface area contributed by atoms with Gasteiger partial charge in [0.1, 0.15) is 6.07 Å². The number of nitrogens with zero attached hydrogens (tertiary/aromatic N) is 2. The number of benzene rings is 1. The smallest absolute Gasteiger partial charge is 0.161 e. The molecule has 0 aromatic heterocycles. The summed E-state index contributed by atoms with van der Waals surface area (Å²) < 4.78 is 15.8. The molecule has 0 bridgehead atoms. The Kier molecular flexibility index (Phi) is 4.85. The highest BCUT2D eigenvalue weighted by atomic mass is 16.5. The summed E-state index contributed by atoms with van der Waals surface area (Å²) in [5, 5.41) is 9.35. The highest BCUT2D eigenvalue weighted by Crippen LogP contribution is 2.30. The minimum absolute atomic E-state index is 0.604. The Hall–Kier alpha value is -2.19. The summed E-state index contributed by atoms with van der Waals surface area (Å²) in [5.41, 5.74) is 1.42. The minimum atomic E-state index is 0.604. The molecule has 0 saturated carbocycles. The van der Waals surface area contributed by atoms with Gasteiger partial charge in [-0.2, -0.15) is 5.26 Å². The first-order valence-electron chi connectivity index (χ1n) is 6.44. The summed E-state index contributed by atoms with van der Waals surface area (Å²) in [5.74, 6) is 1.27. The maximum atomic E-state index is 9.35. The molecule has 0 unspecified atom stereocenters. The number of allylic oxidation sites excluding steroid dienone is 1. The van der Waals surface area contributed by atoms with Crippen LogP contribution in [0.3, 0.4) is 0 Å². The van der Waals surface area contributed by atoms with Gasteiger partial charge >= 0.3 is 0 Å². The molecule has 1 aromatic carbocycles. The van der Waals surface area contributed by atoms with Gasteiger partial charge in [0.05, 0.1) is 33.0 Å². The number of rotatable bonds is 4. The highest BCUT2D eigenvalue weighted by molar-refractivity contribution is 5.77. The molecule has 1 aliphatic heterocycles. The van der Waals surface area contributed by atoms with E-state index in [1.165, 1.54) is 0 Å². The van der Waals surface area contributed by atoms with Crippen LogP contribution in [0.5, 0.6) is 11.5 Å². The average molecular weight is 274 g/mol. The first-order valence-corrected chi connectivity index (χ1v) is 6.44. The fourth-order valence-electron chi connectivity index (χ4n) is 2.06. The quantitative estimate of drug-likeness (QED) is 0.785. The van der Waals surface area contributed by atoms with Crippen LogP contribution in [-0.4, -0.2) is 45.4 Å². The molecule has 1 aliphatic rings. The third kappa shape index (κ3) is 3.22. The van der Waals surface area contributed by atoms with E-state index in [9.17, 15) is 5.26 Å². The van der Waals surface area contributed by atoms with Gasteiger partial charge in [-0.15, -0.1) is 0 Å². The topological polar surface area (TPSA) is 54.7 Å². The molecule has 0 aliphatic carbocycles. The van der Waals surface area contributed by atoms with Crippen LogP contribution in [0.1, 0.15) is 5.56 Å². The Bertz CT molecular complexity index is 528. The molecule has 5 nitrogen and oxygen atoms in total. The van der Waals surface area contributed by atoms with Crippen molar-refractivity contribution in [2.75, 3.05) is 40.5 Å². The average Bonchev–Trinajstić information content (AvgIpc) is 2.53. The Morgan fingerprint density at radius 3 is 2.55 bits per heavy atom. The van der Waals surface area contributed by atoms with Gasteiger partial charge in [-0.3, -0.25) is 0 Å². The Labute approximate surface area is 119 Å². The van der Waals surface area contributed by atoms with Crippen molar-refractivity contribution in [1.82, 2.24) is 4.90 Å². The van der Waals surface area contributed by atoms with Gasteiger partial charge in [0, 0.05) is 19.3 Å². The fraction of sp³-hybridized carbons (Fsp3) is 0.400. The summed E-state index contributed by atoms with van der Waals surface area (Å²) in [6.45, 7) is 3.00. The van der Waals surface area contributed by atoms with E-state index < -0.39 is 0 Å². The maximum absolute atomic E-state index is 9.35. The largest absolute Gasteiger partial charge is 0.493 e. The van der Waals surface area contributed by atoms with Crippen molar-refractivity contribution < 1.29 is 14.2 Å². The molecular formula is C15H18N2O3. The number of hydrogen-bond acceptors (Lipinski definition) is 5. The molecule has 0 N–H and O–H groups in total. The van der Waals surface area contributed by atoms with E-state index in [-0.39, 0.29) is 0 Å². The van der Waals surface area contributed by atoms with Crippen LogP contribution in [0, 0.1) is 11.3 Å². The zero-order chi connectivity index (χ0) is 14.4. The van der Waals surface area contributed by atoms with Crippen LogP contribution in [0.15, 0.2) is 24.4 Å². The van der Waals surface area contributed by atoms with E-state index in [0.29, 0.717) is 30.3 Å². The molecule has 20 heavy (non-hydrogen) atoms. The van der Waals surface area contributed by atoms with Crippen molar-refractivity contribution in [3.8, 4) is 17.6 Å². The van der Waals surface area contributed by atoms with E-state index in [4.69, 9.17) is 14.2 Å². The van der Waals surface area contributed by atoms with Crippen LogP contribution in [0.25, 0.3) is 5.57 Å². The maximum Gasteiger partial charge on any atom is 0.161 e. The van der Waals surface area contributed by atoms with Crippen molar-refractivity contribution in [3.05, 3.63) is 30.0 Å². The lowest BCUT2D eigenvalue weighted by Gasteiger charge is -2.25. The van der Waals surface area contributed by atoms with E-state index >= 15 is 0 Å². The Morgan fingerprint density at radius 1 is 1.25 bits per heavy atom. The van der Waals surface area contributed by atoms with Crippen LogP contribution in [-0.2, 0) is 4.74 Å². The fourth-order valence-corrected chi connectivity index (χ4v) is 2.06. The number of nitriles is 1. The lowest BCUT2D eigenvalue weighted by Crippen LogP contribution is -2.32. The van der Waals surface area contributed by atoms with Gasteiger partial charge in [-0.1, -0.05) is 0 Å². The molecular weight excluding hydrogens is 256 g/mol. The Balaban J connectivity index is 2.27. The summed E-state index contributed by atoms with van der Waals surface area (Å²) >= 11 is 0. The van der Waals surface area contributed by atoms with Gasteiger partial charge in [0.25, 0.3) is 0 Å². The minimum Gasteiger partial charge on any atom is -0.493 e. The molecule has 1 fully saturated rings. The molecule has 0 spiro atoms. The lowest BCUT2D eigenvalue weighted by molar-refractivity contribution is 0.0596. The monoisotopic (exact) mass is 274 g/mol. The number of ether oxygens (including phenoxy) is 3. The number of morpholine rings is 1. The molecule has 5 heteroatoms. The van der Waals surface area contributed by atoms with Crippen molar-refractivity contribution in [1.29, 1.82) is 5.26 Å². The molecule has 1 aromatic rings. The predicted molar refractivity (Wildman–Crippen MR) is 75.5 cm³/mol. The molecule has 1 heterocycles. The van der Waals surface area contributed by atoms with Crippen molar-refractivity contribution in [3.63, 3.8) is 0 Å². The summed E-state index contributed by atoms with van der Waals surface area (Å²) in [6.07, 6.45) is 1.88. The Morgan fingerprint density at radius 2 is 1.95 bits per heavy atom. The van der Waals surface area contributed by atoms with Crippen LogP contribution in [0.2, 0.25) is 0 Å². The lowest BCUT2D eigenvalue weighted by atomic mass is 10.1. The predicted octanol–water partition coefficient (Wildman–Crippen LogP) is 1.90. The third-order valence-corrected chi connectivity index (χ3v) is 3.17. The summed E-state index contributed by atoms with van der Waals surface area (Å²) in [4.78, 5) is 2.10. The highest BCUT2D eigenvalue weighted by Gasteiger charge is 2.11. The van der Waals surface area contributed by atoms with Gasteiger partial charge < -0.3 is 19.1 Å². The van der Waals surface area contributed by atoms with E-state index in [0.717, 1.165) is 18.7 Å². The van der Waals surface area contributed by atoms with Gasteiger partial charge in [-0.05, 0) is 23.8 Å². The first-order chi connectivity index (χ1) is 9.78. The van der Waals surface area contributed by atoms with E-state index in [1.807, 2.05) is 18.3 Å². The molecule has 0 amide bonds. The van der Waals surface area contributed by atoms with Gasteiger partial charge in [-0.25, -0.2) is 0 Å². The van der Waals surface area contributed by atoms with Gasteiger partial charge in [0.15, 0.2) is 11.5 Å². The second-order valence-electron chi connectivity index (χ2n) is 4.37. The first kappa shape index (κ1) is 14.2. The van der Waals surface area contributed by atoms with Crippen molar-refractivity contribution in [2.24, 2.45) is 0 Å². The molecule has 0 atom stereocenters. The van der Waals surface area contributed by atoms with Gasteiger partial charge in [0.2, 0.25) is 0 Å². The SMILES string of the molecule is COc1ccc(/C(C#N)=C\N2CCOCC2)cc1OC. The van der Waals surface area contributed by atoms with Crippen LogP contribution in [0.4, 0.5) is 0 Å². The van der Waals surface area contributed by atoms with Crippen LogP contribution >= 0.6 is 0 Å². The van der Waals surface area contributed by atoms with Crippen molar-refractivity contribution >= 4 is 5.57 Å². The molecule has 2 rings (SSSR count). The standard InChI is InChI=1S/C15H18N2O3/c1-18-14-4-3-12(9-15(14)19-2)13(10-16)11-17-5-7-20-8-6-17/h3-4,9,11H,5-8H2,1-2H3/b13-11-. The number of methoxy groups -OCH3 is 2. The summed E-state index contributed by atoms with van der Waals surface area (Å²) in [7, 11) is 3.17. The third-order valence-electron chi connectivity index (χ3n) is 3.17. The molecule has 106 valence electrons.